The Kier molecular flexibility index (Phi) is 11.6. The Morgan fingerprint density at radius 3 is 2.57 bits per heavy atom. The largest absolute Gasteiger partial charge is 0.478 e. The van der Waals surface area contributed by atoms with E-state index >= 15 is 0 Å². The van der Waals surface area contributed by atoms with Crippen LogP contribution in [0.4, 0.5) is 23.1 Å². The van der Waals surface area contributed by atoms with Gasteiger partial charge in [-0.05, 0) is 64.2 Å². The first-order valence-electron chi connectivity index (χ1n) is 20.6. The van der Waals surface area contributed by atoms with Crippen molar-refractivity contribution in [2.75, 3.05) is 68.0 Å². The van der Waals surface area contributed by atoms with Gasteiger partial charge >= 0.3 is 0 Å². The van der Waals surface area contributed by atoms with Gasteiger partial charge in [-0.3, -0.25) is 38.6 Å². The maximum absolute atomic E-state index is 13.2. The number of imide groups is 1. The van der Waals surface area contributed by atoms with Crippen molar-refractivity contribution in [3.8, 4) is 5.75 Å². The second-order valence-corrected chi connectivity index (χ2v) is 16.7. The number of carbonyl (C=O) groups is 3. The molecule has 0 spiro atoms. The molecule has 3 aliphatic heterocycles. The number of nitrogens with zero attached hydrogens (tertiary/aromatic N) is 9. The number of rotatable bonds is 11. The number of benzene rings is 1. The molecule has 0 aliphatic carbocycles. The minimum absolute atomic E-state index is 0.0586. The molecule has 3 aliphatic rings. The number of piperazine rings is 1. The van der Waals surface area contributed by atoms with Crippen LogP contribution in [0.15, 0.2) is 47.5 Å². The quantitative estimate of drug-likeness (QED) is 0.162. The number of piperidine rings is 2. The van der Waals surface area contributed by atoms with E-state index in [1.807, 2.05) is 43.8 Å². The Labute approximate surface area is 352 Å². The Morgan fingerprint density at radius 1 is 1.03 bits per heavy atom. The smallest absolute Gasteiger partial charge is 0.294 e. The van der Waals surface area contributed by atoms with Gasteiger partial charge in [0.2, 0.25) is 17.8 Å². The van der Waals surface area contributed by atoms with Crippen molar-refractivity contribution in [2.24, 2.45) is 13.0 Å². The van der Waals surface area contributed by atoms with Gasteiger partial charge in [-0.25, -0.2) is 9.97 Å². The highest BCUT2D eigenvalue weighted by Crippen LogP contribution is 2.36. The first kappa shape index (κ1) is 40.9. The van der Waals surface area contributed by atoms with E-state index in [-0.39, 0.29) is 41.7 Å². The molecule has 4 aromatic heterocycles. The van der Waals surface area contributed by atoms with Crippen molar-refractivity contribution in [1.82, 2.24) is 44.8 Å². The van der Waals surface area contributed by atoms with Crippen LogP contribution in [0.25, 0.3) is 21.9 Å². The number of carbonyl (C=O) groups excluding carboxylic acids is 3. The average molecular weight is 839 g/mol. The van der Waals surface area contributed by atoms with Crippen molar-refractivity contribution in [1.29, 1.82) is 0 Å². The fourth-order valence-corrected chi connectivity index (χ4v) is 8.88. The molecule has 7 heterocycles. The molecule has 2 atom stereocenters. The third-order valence-electron chi connectivity index (χ3n) is 11.9. The molecule has 316 valence electrons. The number of fused-ring (bicyclic) bond motifs is 2. The van der Waals surface area contributed by atoms with Gasteiger partial charge in [-0.1, -0.05) is 23.7 Å². The van der Waals surface area contributed by atoms with Crippen LogP contribution in [-0.2, 0) is 21.4 Å². The van der Waals surface area contributed by atoms with Crippen LogP contribution in [0, 0.1) is 5.92 Å². The zero-order valence-electron chi connectivity index (χ0n) is 34.6. The number of aromatic nitrogens is 6. The highest BCUT2D eigenvalue weighted by atomic mass is 35.5. The molecule has 3 saturated heterocycles. The summed E-state index contributed by atoms with van der Waals surface area (Å²) in [6, 6.07) is 9.80. The van der Waals surface area contributed by atoms with Crippen LogP contribution in [0.3, 0.4) is 0 Å². The molecular weight excluding hydrogens is 788 g/mol. The minimum Gasteiger partial charge on any atom is -0.478 e. The SMILES string of the molecule is CNC(=O)COc1cc2cc(Nc3nc(N4CCC(CN5CCN(c6cccc7c(C8CCC(=O)NC8=O)nn(C)c67)C[C@@H]5C)CC4)ncc3Cl)cnc2n(C(C)C)c1=O. The molecule has 18 heteroatoms. The number of aryl methyl sites for hydroxylation is 1. The van der Waals surface area contributed by atoms with E-state index < -0.39 is 5.92 Å². The van der Waals surface area contributed by atoms with Crippen molar-refractivity contribution >= 4 is 74.4 Å². The molecule has 1 unspecified atom stereocenters. The lowest BCUT2D eigenvalue weighted by Gasteiger charge is -2.43. The number of halogens is 1. The maximum atomic E-state index is 13.2. The molecule has 8 rings (SSSR count). The lowest BCUT2D eigenvalue weighted by atomic mass is 9.92. The highest BCUT2D eigenvalue weighted by Gasteiger charge is 2.34. The number of amides is 3. The van der Waals surface area contributed by atoms with Gasteiger partial charge < -0.3 is 25.2 Å². The lowest BCUT2D eigenvalue weighted by molar-refractivity contribution is -0.134. The van der Waals surface area contributed by atoms with Crippen molar-refractivity contribution in [3.63, 3.8) is 0 Å². The summed E-state index contributed by atoms with van der Waals surface area (Å²) in [5.74, 6) is 0.359. The Hall–Kier alpha value is -5.81. The summed E-state index contributed by atoms with van der Waals surface area (Å²) in [7, 11) is 3.44. The van der Waals surface area contributed by atoms with E-state index in [0.717, 1.165) is 74.4 Å². The Morgan fingerprint density at radius 2 is 1.83 bits per heavy atom. The number of likely N-dealkylation sites (N-methyl/N-ethyl adjacent to an activating group) is 1. The summed E-state index contributed by atoms with van der Waals surface area (Å²) < 4.78 is 9.03. The first-order valence-corrected chi connectivity index (χ1v) is 21.0. The van der Waals surface area contributed by atoms with Crippen molar-refractivity contribution in [2.45, 2.75) is 64.5 Å². The van der Waals surface area contributed by atoms with Crippen LogP contribution in [0.1, 0.15) is 64.1 Å². The predicted octanol–water partition coefficient (Wildman–Crippen LogP) is 4.12. The van der Waals surface area contributed by atoms with Gasteiger partial charge in [-0.15, -0.1) is 0 Å². The fraction of sp³-hybridized carbons (Fsp3) is 0.476. The number of nitrogens with one attached hydrogen (secondary N) is 3. The minimum atomic E-state index is -0.435. The van der Waals surface area contributed by atoms with Crippen LogP contribution in [0.5, 0.6) is 5.75 Å². The van der Waals surface area contributed by atoms with E-state index in [1.54, 1.807) is 23.0 Å². The molecule has 5 aromatic rings. The lowest BCUT2D eigenvalue weighted by Crippen LogP contribution is -2.54. The van der Waals surface area contributed by atoms with Gasteiger partial charge in [-0.2, -0.15) is 10.1 Å². The van der Waals surface area contributed by atoms with Gasteiger partial charge in [0.1, 0.15) is 10.7 Å². The van der Waals surface area contributed by atoms with E-state index in [4.69, 9.17) is 26.4 Å². The zero-order chi connectivity index (χ0) is 42.2. The molecule has 17 nitrogen and oxygen atoms in total. The van der Waals surface area contributed by atoms with E-state index in [1.165, 1.54) is 7.05 Å². The van der Waals surface area contributed by atoms with Crippen molar-refractivity contribution < 1.29 is 19.1 Å². The number of anilines is 4. The standard InChI is InChI=1S/C42H51ClN12O5/c1-24(2)55-39-27(18-33(41(55)59)60-23-35(57)44-4)17-28(19-45-39)47-38-31(43)20-46-42(49-38)52-13-11-26(12-14-52)22-53-15-16-54(21-25(53)3)32-8-6-7-29-36(50-51(5)37(29)32)30-9-10-34(56)48-40(30)58/h6-8,17-20,24-26,30H,9-16,21-23H2,1-5H3,(H,44,57)(H,46,47,49)(H,48,56,58)/t25-,30?/m0/s1. The molecule has 0 bridgehead atoms. The molecule has 60 heavy (non-hydrogen) atoms. The summed E-state index contributed by atoms with van der Waals surface area (Å²) >= 11 is 6.61. The molecule has 1 aromatic carbocycles. The molecule has 3 N–H and O–H groups in total. The van der Waals surface area contributed by atoms with Gasteiger partial charge in [0, 0.05) is 82.6 Å². The van der Waals surface area contributed by atoms with Crippen molar-refractivity contribution in [3.05, 3.63) is 63.8 Å². The van der Waals surface area contributed by atoms with E-state index in [0.29, 0.717) is 58.3 Å². The molecule has 0 saturated carbocycles. The first-order chi connectivity index (χ1) is 28.9. The summed E-state index contributed by atoms with van der Waals surface area (Å²) in [5.41, 5.74) is 3.61. The molecular formula is C42H51ClN12O5. The van der Waals surface area contributed by atoms with Crippen LogP contribution in [-0.4, -0.2) is 111 Å². The second-order valence-electron chi connectivity index (χ2n) is 16.3. The third-order valence-corrected chi connectivity index (χ3v) is 12.2. The number of hydrogen-bond donors (Lipinski definition) is 3. The molecule has 3 amide bonds. The molecule has 3 fully saturated rings. The van der Waals surface area contributed by atoms with Crippen LogP contribution in [0.2, 0.25) is 5.02 Å². The third kappa shape index (κ3) is 8.19. The summed E-state index contributed by atoms with van der Waals surface area (Å²) in [6.07, 6.45) is 6.05. The van der Waals surface area contributed by atoms with Crippen LogP contribution >= 0.6 is 11.6 Å². The average Bonchev–Trinajstić information content (AvgIpc) is 3.57. The van der Waals surface area contributed by atoms with E-state index in [2.05, 4.69) is 53.6 Å². The Balaban J connectivity index is 0.892. The number of hydrogen-bond acceptors (Lipinski definition) is 13. The fourth-order valence-electron chi connectivity index (χ4n) is 8.74. The van der Waals surface area contributed by atoms with Gasteiger partial charge in [0.15, 0.2) is 18.2 Å². The summed E-state index contributed by atoms with van der Waals surface area (Å²) in [4.78, 5) is 70.9. The second kappa shape index (κ2) is 17.0. The number of pyridine rings is 2. The number of ether oxygens (including phenoxy) is 1. The number of para-hydroxylation sites is 1. The van der Waals surface area contributed by atoms with Crippen LogP contribution < -0.4 is 36.0 Å². The maximum Gasteiger partial charge on any atom is 0.294 e. The topological polar surface area (TPSA) is 185 Å². The zero-order valence-corrected chi connectivity index (χ0v) is 35.3. The normalized spacial score (nSPS) is 19.3. The monoisotopic (exact) mass is 838 g/mol. The summed E-state index contributed by atoms with van der Waals surface area (Å²) in [5, 5.41) is 15.1. The van der Waals surface area contributed by atoms with Gasteiger partial charge in [0.05, 0.1) is 40.9 Å². The Bertz CT molecular complexity index is 2510. The summed E-state index contributed by atoms with van der Waals surface area (Å²) in [6.45, 7) is 11.1. The highest BCUT2D eigenvalue weighted by molar-refractivity contribution is 6.33. The molecule has 0 radical (unpaired) electrons. The van der Waals surface area contributed by atoms with E-state index in [9.17, 15) is 19.2 Å². The van der Waals surface area contributed by atoms with Gasteiger partial charge in [0.25, 0.3) is 11.5 Å². The predicted molar refractivity (Wildman–Crippen MR) is 230 cm³/mol.